The van der Waals surface area contributed by atoms with E-state index in [2.05, 4.69) is 20.9 Å². The third-order valence-electron chi connectivity index (χ3n) is 5.96. The van der Waals surface area contributed by atoms with Crippen molar-refractivity contribution < 1.29 is 4.79 Å². The molecule has 3 aliphatic rings. The molecule has 4 heteroatoms. The summed E-state index contributed by atoms with van der Waals surface area (Å²) in [7, 11) is 0. The smallest absolute Gasteiger partial charge is 0.239 e. The molecule has 0 radical (unpaired) electrons. The van der Waals surface area contributed by atoms with Gasteiger partial charge in [-0.2, -0.15) is 0 Å². The Bertz CT molecular complexity index is 541. The summed E-state index contributed by atoms with van der Waals surface area (Å²) in [5, 5.41) is 0. The van der Waals surface area contributed by atoms with E-state index in [9.17, 15) is 4.79 Å². The first kappa shape index (κ1) is 15.1. The van der Waals surface area contributed by atoms with Gasteiger partial charge < -0.3 is 4.90 Å². The number of nitrogens with zero attached hydrogens (tertiary/aromatic N) is 3. The van der Waals surface area contributed by atoms with Crippen LogP contribution in [0.5, 0.6) is 0 Å². The van der Waals surface area contributed by atoms with Crippen molar-refractivity contribution in [3.63, 3.8) is 0 Å². The SMILES string of the molecule is O=C1[C@H]2C[C@H](CCN2Cc2cccnc2)CN1CC1CCCC1. The fourth-order valence-electron chi connectivity index (χ4n) is 4.71. The first-order chi connectivity index (χ1) is 11.3. The highest BCUT2D eigenvalue weighted by molar-refractivity contribution is 5.83. The molecule has 124 valence electrons. The van der Waals surface area contributed by atoms with Gasteiger partial charge >= 0.3 is 0 Å². The molecule has 4 rings (SSSR count). The molecule has 0 aromatic carbocycles. The number of carbonyl (C=O) groups excluding carboxylic acids is 1. The summed E-state index contributed by atoms with van der Waals surface area (Å²) < 4.78 is 0. The van der Waals surface area contributed by atoms with Gasteiger partial charge in [0.25, 0.3) is 0 Å². The fraction of sp³-hybridized carbons (Fsp3) is 0.684. The van der Waals surface area contributed by atoms with E-state index >= 15 is 0 Å². The average molecular weight is 313 g/mol. The zero-order valence-electron chi connectivity index (χ0n) is 13.9. The number of aromatic nitrogens is 1. The third kappa shape index (κ3) is 3.27. The van der Waals surface area contributed by atoms with Gasteiger partial charge in [0.15, 0.2) is 0 Å². The average Bonchev–Trinajstić information content (AvgIpc) is 3.08. The molecule has 1 amide bonds. The number of likely N-dealkylation sites (tertiary alicyclic amines) is 2. The topological polar surface area (TPSA) is 36.4 Å². The van der Waals surface area contributed by atoms with Crippen molar-refractivity contribution in [3.8, 4) is 0 Å². The number of fused-ring (bicyclic) bond motifs is 2. The van der Waals surface area contributed by atoms with Gasteiger partial charge in [-0.1, -0.05) is 18.9 Å². The van der Waals surface area contributed by atoms with Crippen molar-refractivity contribution in [1.29, 1.82) is 0 Å². The first-order valence-corrected chi connectivity index (χ1v) is 9.21. The van der Waals surface area contributed by atoms with E-state index in [0.717, 1.165) is 38.5 Å². The Balaban J connectivity index is 1.44. The maximum atomic E-state index is 13.0. The minimum atomic E-state index is 0.101. The van der Waals surface area contributed by atoms with Crippen LogP contribution in [-0.4, -0.2) is 46.4 Å². The molecule has 1 aromatic rings. The minimum Gasteiger partial charge on any atom is -0.341 e. The number of carbonyl (C=O) groups is 1. The normalized spacial score (nSPS) is 29.2. The molecule has 23 heavy (non-hydrogen) atoms. The van der Waals surface area contributed by atoms with Gasteiger partial charge in [-0.05, 0) is 55.7 Å². The number of amides is 1. The van der Waals surface area contributed by atoms with E-state index in [1.807, 2.05) is 18.5 Å². The molecule has 3 fully saturated rings. The number of pyridine rings is 1. The van der Waals surface area contributed by atoms with Gasteiger partial charge in [0.2, 0.25) is 5.91 Å². The van der Waals surface area contributed by atoms with Crippen LogP contribution in [0.15, 0.2) is 24.5 Å². The molecular formula is C19H27N3O. The molecule has 4 nitrogen and oxygen atoms in total. The lowest BCUT2D eigenvalue weighted by Gasteiger charge is -2.47. The molecule has 2 saturated heterocycles. The van der Waals surface area contributed by atoms with Crippen LogP contribution in [0.25, 0.3) is 0 Å². The van der Waals surface area contributed by atoms with Crippen LogP contribution >= 0.6 is 0 Å². The number of rotatable bonds is 4. The van der Waals surface area contributed by atoms with E-state index in [4.69, 9.17) is 0 Å². The maximum Gasteiger partial charge on any atom is 0.239 e. The molecule has 2 bridgehead atoms. The van der Waals surface area contributed by atoms with E-state index in [0.29, 0.717) is 11.8 Å². The molecule has 2 aliphatic heterocycles. The maximum absolute atomic E-state index is 13.0. The lowest BCUT2D eigenvalue weighted by atomic mass is 9.85. The standard InChI is InChI=1S/C19H27N3O/c23-19-18-10-16(13-22(19)12-15-4-1-2-5-15)7-9-21(18)14-17-6-3-8-20-11-17/h3,6,8,11,15-16,18H,1-2,4-5,7,9-10,12-14H2/t16-,18+/m0/s1. The van der Waals surface area contributed by atoms with Gasteiger partial charge in [-0.25, -0.2) is 0 Å². The highest BCUT2D eigenvalue weighted by Crippen LogP contribution is 2.33. The number of hydrogen-bond donors (Lipinski definition) is 0. The van der Waals surface area contributed by atoms with Crippen molar-refractivity contribution in [2.75, 3.05) is 19.6 Å². The van der Waals surface area contributed by atoms with Gasteiger partial charge in [-0.3, -0.25) is 14.7 Å². The Morgan fingerprint density at radius 2 is 2.09 bits per heavy atom. The third-order valence-corrected chi connectivity index (χ3v) is 5.96. The zero-order chi connectivity index (χ0) is 15.6. The van der Waals surface area contributed by atoms with Crippen LogP contribution in [-0.2, 0) is 11.3 Å². The van der Waals surface area contributed by atoms with Gasteiger partial charge in [0.05, 0.1) is 6.04 Å². The van der Waals surface area contributed by atoms with Crippen LogP contribution in [0.3, 0.4) is 0 Å². The summed E-state index contributed by atoms with van der Waals surface area (Å²) in [4.78, 5) is 21.8. The first-order valence-electron chi connectivity index (χ1n) is 9.21. The lowest BCUT2D eigenvalue weighted by molar-refractivity contribution is -0.146. The molecule has 0 spiro atoms. The summed E-state index contributed by atoms with van der Waals surface area (Å²) in [6, 6.07) is 4.20. The Morgan fingerprint density at radius 3 is 2.87 bits per heavy atom. The van der Waals surface area contributed by atoms with Crippen LogP contribution in [0, 0.1) is 11.8 Å². The number of piperidine rings is 2. The van der Waals surface area contributed by atoms with E-state index in [1.165, 1.54) is 37.7 Å². The van der Waals surface area contributed by atoms with E-state index < -0.39 is 0 Å². The summed E-state index contributed by atoms with van der Waals surface area (Å²) >= 11 is 0. The highest BCUT2D eigenvalue weighted by Gasteiger charge is 2.41. The summed E-state index contributed by atoms with van der Waals surface area (Å²) in [5.41, 5.74) is 1.21. The lowest BCUT2D eigenvalue weighted by Crippen LogP contribution is -2.59. The molecule has 1 aliphatic carbocycles. The molecule has 1 aromatic heterocycles. The summed E-state index contributed by atoms with van der Waals surface area (Å²) in [5.74, 6) is 1.85. The van der Waals surface area contributed by atoms with Crippen molar-refractivity contribution >= 4 is 5.91 Å². The Hall–Kier alpha value is -1.42. The van der Waals surface area contributed by atoms with Crippen molar-refractivity contribution in [1.82, 2.24) is 14.8 Å². The van der Waals surface area contributed by atoms with Crippen LogP contribution in [0.2, 0.25) is 0 Å². The Kier molecular flexibility index (Phi) is 4.34. The summed E-state index contributed by atoms with van der Waals surface area (Å²) in [6.07, 6.45) is 11.4. The monoisotopic (exact) mass is 313 g/mol. The quantitative estimate of drug-likeness (QED) is 0.857. The summed E-state index contributed by atoms with van der Waals surface area (Å²) in [6.45, 7) is 3.92. The van der Waals surface area contributed by atoms with Crippen LogP contribution in [0.1, 0.15) is 44.1 Å². The zero-order valence-corrected chi connectivity index (χ0v) is 13.9. The molecule has 0 N–H and O–H groups in total. The van der Waals surface area contributed by atoms with Gasteiger partial charge in [0.1, 0.15) is 0 Å². The highest BCUT2D eigenvalue weighted by atomic mass is 16.2. The Labute approximate surface area is 138 Å². The molecular weight excluding hydrogens is 286 g/mol. The second-order valence-corrected chi connectivity index (χ2v) is 7.63. The fourth-order valence-corrected chi connectivity index (χ4v) is 4.71. The second-order valence-electron chi connectivity index (χ2n) is 7.63. The predicted molar refractivity (Wildman–Crippen MR) is 89.7 cm³/mol. The predicted octanol–water partition coefficient (Wildman–Crippen LogP) is 2.69. The molecule has 1 saturated carbocycles. The van der Waals surface area contributed by atoms with E-state index in [1.54, 1.807) is 0 Å². The largest absolute Gasteiger partial charge is 0.341 e. The van der Waals surface area contributed by atoms with Crippen molar-refractivity contribution in [2.45, 2.75) is 51.1 Å². The van der Waals surface area contributed by atoms with Gasteiger partial charge in [0, 0.05) is 32.0 Å². The molecule has 3 heterocycles. The molecule has 2 atom stereocenters. The Morgan fingerprint density at radius 1 is 1.22 bits per heavy atom. The van der Waals surface area contributed by atoms with Gasteiger partial charge in [-0.15, -0.1) is 0 Å². The van der Waals surface area contributed by atoms with E-state index in [-0.39, 0.29) is 6.04 Å². The van der Waals surface area contributed by atoms with Crippen LogP contribution in [0.4, 0.5) is 0 Å². The van der Waals surface area contributed by atoms with Crippen molar-refractivity contribution in [3.05, 3.63) is 30.1 Å². The molecule has 0 unspecified atom stereocenters. The van der Waals surface area contributed by atoms with Crippen molar-refractivity contribution in [2.24, 2.45) is 11.8 Å². The number of hydrogen-bond acceptors (Lipinski definition) is 3. The van der Waals surface area contributed by atoms with Crippen LogP contribution < -0.4 is 0 Å². The second kappa shape index (κ2) is 6.60. The minimum absolute atomic E-state index is 0.101.